The summed E-state index contributed by atoms with van der Waals surface area (Å²) >= 11 is 0. The number of hydrazine groups is 1. The van der Waals surface area contributed by atoms with Crippen molar-refractivity contribution in [2.45, 2.75) is 26.3 Å². The number of benzene rings is 4. The van der Waals surface area contributed by atoms with Gasteiger partial charge in [-0.1, -0.05) is 54.1 Å². The number of hydrogen-bond acceptors (Lipinski definition) is 6. The van der Waals surface area contributed by atoms with Crippen LogP contribution in [-0.2, 0) is 11.2 Å². The molecule has 0 bridgehead atoms. The van der Waals surface area contributed by atoms with E-state index < -0.39 is 11.0 Å². The van der Waals surface area contributed by atoms with Crippen LogP contribution in [-0.4, -0.2) is 41.4 Å². The molecule has 1 atom stereocenters. The smallest absolute Gasteiger partial charge is 0.277 e. The SMILES string of the molecule is CCN(Nc1ccc(OC)cc1)C(=O)C(Cc1ccc(-c2ccccc2[N+](=O)[O-])cc1)NC(=O)c1cccc(C)c1. The minimum atomic E-state index is -0.884. The second kappa shape index (κ2) is 13.3. The number of carbonyl (C=O) groups excluding carboxylic acids is 2. The van der Waals surface area contributed by atoms with Crippen molar-refractivity contribution in [2.24, 2.45) is 0 Å². The number of nitro benzene ring substituents is 1. The van der Waals surface area contributed by atoms with Gasteiger partial charge in [0.25, 0.3) is 17.5 Å². The van der Waals surface area contributed by atoms with Crippen LogP contribution in [0.25, 0.3) is 11.1 Å². The molecule has 210 valence electrons. The van der Waals surface area contributed by atoms with Crippen molar-refractivity contribution in [2.75, 3.05) is 19.1 Å². The summed E-state index contributed by atoms with van der Waals surface area (Å²) in [6.45, 7) is 4.09. The van der Waals surface area contributed by atoms with Crippen LogP contribution in [0.1, 0.15) is 28.4 Å². The Hall–Kier alpha value is -5.18. The fraction of sp³-hybridized carbons (Fsp3) is 0.188. The molecule has 0 spiro atoms. The Morgan fingerprint density at radius 2 is 1.66 bits per heavy atom. The number of nitrogens with zero attached hydrogens (tertiary/aromatic N) is 2. The summed E-state index contributed by atoms with van der Waals surface area (Å²) in [6, 6.07) is 27.2. The lowest BCUT2D eigenvalue weighted by molar-refractivity contribution is -0.384. The van der Waals surface area contributed by atoms with Gasteiger partial charge >= 0.3 is 0 Å². The van der Waals surface area contributed by atoms with Crippen LogP contribution in [0.15, 0.2) is 97.1 Å². The molecule has 0 aliphatic heterocycles. The Labute approximate surface area is 238 Å². The van der Waals surface area contributed by atoms with Crippen LogP contribution in [0.4, 0.5) is 11.4 Å². The topological polar surface area (TPSA) is 114 Å². The van der Waals surface area contributed by atoms with Crippen molar-refractivity contribution in [1.82, 2.24) is 10.3 Å². The molecule has 4 aromatic carbocycles. The number of anilines is 1. The van der Waals surface area contributed by atoms with Gasteiger partial charge in [-0.3, -0.25) is 30.1 Å². The maximum Gasteiger partial charge on any atom is 0.277 e. The molecule has 0 aromatic heterocycles. The zero-order valence-electron chi connectivity index (χ0n) is 23.2. The lowest BCUT2D eigenvalue weighted by Gasteiger charge is -2.28. The summed E-state index contributed by atoms with van der Waals surface area (Å²) in [6.07, 6.45) is 0.217. The molecule has 41 heavy (non-hydrogen) atoms. The lowest BCUT2D eigenvalue weighted by Crippen LogP contribution is -2.51. The summed E-state index contributed by atoms with van der Waals surface area (Å²) in [7, 11) is 1.58. The number of nitro groups is 1. The predicted octanol–water partition coefficient (Wildman–Crippen LogP) is 5.80. The van der Waals surface area contributed by atoms with Crippen molar-refractivity contribution < 1.29 is 19.2 Å². The molecule has 0 heterocycles. The first kappa shape index (κ1) is 28.8. The van der Waals surface area contributed by atoms with E-state index in [1.54, 1.807) is 79.9 Å². The molecule has 0 radical (unpaired) electrons. The number of methoxy groups -OCH3 is 1. The fourth-order valence-electron chi connectivity index (χ4n) is 4.46. The van der Waals surface area contributed by atoms with Gasteiger partial charge < -0.3 is 10.1 Å². The van der Waals surface area contributed by atoms with Crippen molar-refractivity contribution in [3.8, 4) is 16.9 Å². The molecule has 9 nitrogen and oxygen atoms in total. The maximum absolute atomic E-state index is 13.8. The van der Waals surface area contributed by atoms with Crippen LogP contribution in [0, 0.1) is 17.0 Å². The monoisotopic (exact) mass is 552 g/mol. The summed E-state index contributed by atoms with van der Waals surface area (Å²) in [4.78, 5) is 38.1. The van der Waals surface area contributed by atoms with Crippen LogP contribution in [0.5, 0.6) is 5.75 Å². The third-order valence-electron chi connectivity index (χ3n) is 6.63. The second-order valence-electron chi connectivity index (χ2n) is 9.49. The normalized spacial score (nSPS) is 11.3. The molecule has 0 aliphatic rings. The van der Waals surface area contributed by atoms with Gasteiger partial charge in [0.15, 0.2) is 0 Å². The Bertz CT molecular complexity index is 1520. The molecule has 4 rings (SSSR count). The average molecular weight is 553 g/mol. The maximum atomic E-state index is 13.8. The van der Waals surface area contributed by atoms with Crippen molar-refractivity contribution in [3.63, 3.8) is 0 Å². The summed E-state index contributed by atoms with van der Waals surface area (Å²) in [5, 5.41) is 15.9. The Morgan fingerprint density at radius 1 is 0.951 bits per heavy atom. The van der Waals surface area contributed by atoms with Crippen LogP contribution in [0.3, 0.4) is 0 Å². The van der Waals surface area contributed by atoms with E-state index in [4.69, 9.17) is 4.74 Å². The van der Waals surface area contributed by atoms with Gasteiger partial charge in [0, 0.05) is 24.6 Å². The number of carbonyl (C=O) groups is 2. The average Bonchev–Trinajstić information content (AvgIpc) is 2.99. The van der Waals surface area contributed by atoms with Crippen molar-refractivity contribution in [1.29, 1.82) is 0 Å². The number of rotatable bonds is 11. The fourth-order valence-corrected chi connectivity index (χ4v) is 4.46. The van der Waals surface area contributed by atoms with E-state index in [1.165, 1.54) is 11.1 Å². The Kier molecular flexibility index (Phi) is 9.32. The van der Waals surface area contributed by atoms with Crippen LogP contribution in [0.2, 0.25) is 0 Å². The number of ether oxygens (including phenoxy) is 1. The number of nitrogens with one attached hydrogen (secondary N) is 2. The predicted molar refractivity (Wildman–Crippen MR) is 159 cm³/mol. The van der Waals surface area contributed by atoms with E-state index in [1.807, 2.05) is 32.0 Å². The summed E-state index contributed by atoms with van der Waals surface area (Å²) in [5.74, 6) is 0.0219. The molecular formula is C32H32N4O5. The molecule has 9 heteroatoms. The minimum absolute atomic E-state index is 0.0157. The van der Waals surface area contributed by atoms with Gasteiger partial charge in [0.1, 0.15) is 11.8 Å². The highest BCUT2D eigenvalue weighted by atomic mass is 16.6. The molecule has 0 saturated carbocycles. The number of amides is 2. The van der Waals surface area contributed by atoms with Gasteiger partial charge in [0.2, 0.25) is 0 Å². The Morgan fingerprint density at radius 3 is 2.29 bits per heavy atom. The first-order valence-electron chi connectivity index (χ1n) is 13.2. The molecular weight excluding hydrogens is 520 g/mol. The second-order valence-corrected chi connectivity index (χ2v) is 9.49. The van der Waals surface area contributed by atoms with Gasteiger partial charge in [-0.15, -0.1) is 0 Å². The highest BCUT2D eigenvalue weighted by molar-refractivity contribution is 5.98. The van der Waals surface area contributed by atoms with Gasteiger partial charge in [-0.2, -0.15) is 0 Å². The number of para-hydroxylation sites is 1. The molecule has 1 unspecified atom stereocenters. The van der Waals surface area contributed by atoms with Gasteiger partial charge in [0.05, 0.1) is 23.3 Å². The highest BCUT2D eigenvalue weighted by Crippen LogP contribution is 2.29. The number of hydrogen-bond donors (Lipinski definition) is 2. The molecule has 2 N–H and O–H groups in total. The zero-order valence-corrected chi connectivity index (χ0v) is 23.2. The number of aryl methyl sites for hydroxylation is 1. The zero-order chi connectivity index (χ0) is 29.4. The van der Waals surface area contributed by atoms with E-state index in [0.29, 0.717) is 34.7 Å². The van der Waals surface area contributed by atoms with E-state index in [9.17, 15) is 19.7 Å². The standard InChI is InChI=1S/C32H32N4O5/c1-4-35(34-26-16-18-27(41-3)19-17-26)32(38)29(33-31(37)25-9-7-8-22(2)20-25)21-23-12-14-24(15-13-23)28-10-5-6-11-30(28)36(39)40/h5-20,29,34H,4,21H2,1-3H3,(H,33,37). The van der Waals surface area contributed by atoms with E-state index in [0.717, 1.165) is 11.1 Å². The summed E-state index contributed by atoms with van der Waals surface area (Å²) in [5.41, 5.74) is 7.21. The third kappa shape index (κ3) is 7.27. The lowest BCUT2D eigenvalue weighted by atomic mass is 9.99. The number of likely N-dealkylation sites (N-methyl/N-ethyl adjacent to an activating group) is 1. The Balaban J connectivity index is 1.59. The van der Waals surface area contributed by atoms with Gasteiger partial charge in [-0.05, 0) is 67.4 Å². The quantitative estimate of drug-likeness (QED) is 0.180. The molecule has 2 amide bonds. The van der Waals surface area contributed by atoms with Crippen LogP contribution < -0.4 is 15.5 Å². The molecule has 0 aliphatic carbocycles. The highest BCUT2D eigenvalue weighted by Gasteiger charge is 2.27. The van der Waals surface area contributed by atoms with Gasteiger partial charge in [-0.25, -0.2) is 0 Å². The van der Waals surface area contributed by atoms with Crippen LogP contribution >= 0.6 is 0 Å². The van der Waals surface area contributed by atoms with E-state index in [-0.39, 0.29) is 23.9 Å². The van der Waals surface area contributed by atoms with E-state index in [2.05, 4.69) is 10.7 Å². The molecule has 4 aromatic rings. The third-order valence-corrected chi connectivity index (χ3v) is 6.63. The minimum Gasteiger partial charge on any atom is -0.497 e. The van der Waals surface area contributed by atoms with E-state index >= 15 is 0 Å². The van der Waals surface area contributed by atoms with Crippen molar-refractivity contribution in [3.05, 3.63) is 124 Å². The first-order valence-corrected chi connectivity index (χ1v) is 13.2. The molecule has 0 saturated heterocycles. The van der Waals surface area contributed by atoms with Crippen molar-refractivity contribution >= 4 is 23.2 Å². The summed E-state index contributed by atoms with van der Waals surface area (Å²) < 4.78 is 5.21. The molecule has 0 fully saturated rings. The largest absolute Gasteiger partial charge is 0.497 e. The first-order chi connectivity index (χ1) is 19.8.